The summed E-state index contributed by atoms with van der Waals surface area (Å²) in [5, 5.41) is 12.6. The zero-order valence-corrected chi connectivity index (χ0v) is 19.7. The molecule has 2 heterocycles. The first-order chi connectivity index (χ1) is 15.5. The Morgan fingerprint density at radius 2 is 2.03 bits per heavy atom. The number of aromatic nitrogens is 4. The molecule has 10 heteroatoms. The van der Waals surface area contributed by atoms with Crippen molar-refractivity contribution in [1.29, 1.82) is 0 Å². The van der Waals surface area contributed by atoms with Crippen LogP contribution in [0, 0.1) is 0 Å². The second-order valence-electron chi connectivity index (χ2n) is 7.21. The van der Waals surface area contributed by atoms with Gasteiger partial charge < -0.3 is 20.1 Å². The smallest absolute Gasteiger partial charge is 0.255 e. The van der Waals surface area contributed by atoms with Gasteiger partial charge in [0.2, 0.25) is 0 Å². The number of amides is 1. The molecule has 32 heavy (non-hydrogen) atoms. The van der Waals surface area contributed by atoms with E-state index in [0.29, 0.717) is 54.6 Å². The van der Waals surface area contributed by atoms with Crippen LogP contribution in [0.15, 0.2) is 35.6 Å². The molecule has 0 saturated carbocycles. The zero-order chi connectivity index (χ0) is 22.9. The van der Waals surface area contributed by atoms with E-state index in [1.165, 1.54) is 0 Å². The van der Waals surface area contributed by atoms with Crippen molar-refractivity contribution in [2.24, 2.45) is 0 Å². The predicted octanol–water partition coefficient (Wildman–Crippen LogP) is 3.21. The van der Waals surface area contributed by atoms with Crippen LogP contribution in [0.4, 0.5) is 5.82 Å². The number of nitrogens with one attached hydrogen (secondary N) is 2. The van der Waals surface area contributed by atoms with E-state index in [9.17, 15) is 4.79 Å². The second-order valence-corrected chi connectivity index (χ2v) is 8.75. The van der Waals surface area contributed by atoms with Crippen molar-refractivity contribution in [2.45, 2.75) is 37.7 Å². The Labute approximate surface area is 192 Å². The molecule has 0 aliphatic heterocycles. The summed E-state index contributed by atoms with van der Waals surface area (Å²) in [6.07, 6.45) is 1.75. The number of thioether (sulfide) groups is 1. The number of rotatable bonds is 12. The second kappa shape index (κ2) is 11.7. The van der Waals surface area contributed by atoms with Gasteiger partial charge in [-0.2, -0.15) is 5.10 Å². The fourth-order valence-corrected chi connectivity index (χ4v) is 3.79. The number of para-hydroxylation sites is 1. The van der Waals surface area contributed by atoms with E-state index in [4.69, 9.17) is 14.5 Å². The van der Waals surface area contributed by atoms with Gasteiger partial charge in [0.05, 0.1) is 37.4 Å². The van der Waals surface area contributed by atoms with Crippen molar-refractivity contribution in [3.05, 3.63) is 36.0 Å². The normalized spacial score (nSPS) is 11.2. The highest BCUT2D eigenvalue weighted by atomic mass is 32.2. The fraction of sp³-hybridized carbons (Fsp3) is 0.455. The lowest BCUT2D eigenvalue weighted by molar-refractivity contribution is 0.0949. The van der Waals surface area contributed by atoms with Crippen molar-refractivity contribution in [2.75, 3.05) is 38.7 Å². The number of carbonyl (C=O) groups is 1. The van der Waals surface area contributed by atoms with Gasteiger partial charge in [-0.1, -0.05) is 37.7 Å². The van der Waals surface area contributed by atoms with Crippen LogP contribution >= 0.6 is 11.8 Å². The van der Waals surface area contributed by atoms with Crippen LogP contribution in [0.3, 0.4) is 0 Å². The molecule has 0 aliphatic rings. The van der Waals surface area contributed by atoms with Crippen molar-refractivity contribution in [3.63, 3.8) is 0 Å². The molecule has 0 aliphatic carbocycles. The Morgan fingerprint density at radius 1 is 1.22 bits per heavy atom. The average molecular weight is 459 g/mol. The monoisotopic (exact) mass is 458 g/mol. The molecule has 0 atom stereocenters. The third-order valence-corrected chi connectivity index (χ3v) is 5.39. The number of anilines is 1. The molecule has 2 N–H and O–H groups in total. The lowest BCUT2D eigenvalue weighted by Gasteiger charge is -2.11. The van der Waals surface area contributed by atoms with Crippen molar-refractivity contribution >= 4 is 34.5 Å². The largest absolute Gasteiger partial charge is 0.496 e. The third kappa shape index (κ3) is 6.10. The Hall–Kier alpha value is -2.85. The maximum Gasteiger partial charge on any atom is 0.255 e. The summed E-state index contributed by atoms with van der Waals surface area (Å²) in [6.45, 7) is 8.97. The SMILES string of the molecule is CCOCCNc1nc(SC(C)C)nc2c1cnn2CCNC(=O)c1ccccc1OC. The first kappa shape index (κ1) is 23.8. The summed E-state index contributed by atoms with van der Waals surface area (Å²) in [7, 11) is 1.55. The molecule has 0 fully saturated rings. The first-order valence-corrected chi connectivity index (χ1v) is 11.5. The van der Waals surface area contributed by atoms with E-state index in [1.54, 1.807) is 41.9 Å². The summed E-state index contributed by atoms with van der Waals surface area (Å²) in [4.78, 5) is 21.9. The van der Waals surface area contributed by atoms with Gasteiger partial charge in [0.1, 0.15) is 11.6 Å². The summed E-state index contributed by atoms with van der Waals surface area (Å²) < 4.78 is 12.5. The first-order valence-electron chi connectivity index (χ1n) is 10.7. The number of hydrogen-bond acceptors (Lipinski definition) is 8. The van der Waals surface area contributed by atoms with Crippen molar-refractivity contribution in [1.82, 2.24) is 25.1 Å². The minimum Gasteiger partial charge on any atom is -0.496 e. The maximum absolute atomic E-state index is 12.5. The molecular formula is C22H30N6O3S. The Morgan fingerprint density at radius 3 is 2.78 bits per heavy atom. The van der Waals surface area contributed by atoms with Gasteiger partial charge >= 0.3 is 0 Å². The number of fused-ring (bicyclic) bond motifs is 1. The molecular weight excluding hydrogens is 428 g/mol. The lowest BCUT2D eigenvalue weighted by Crippen LogP contribution is -2.28. The van der Waals surface area contributed by atoms with Gasteiger partial charge in [-0.3, -0.25) is 4.79 Å². The third-order valence-electron chi connectivity index (χ3n) is 4.52. The van der Waals surface area contributed by atoms with E-state index in [1.807, 2.05) is 19.1 Å². The highest BCUT2D eigenvalue weighted by Gasteiger charge is 2.15. The van der Waals surface area contributed by atoms with E-state index in [2.05, 4.69) is 34.6 Å². The molecule has 172 valence electrons. The standard InChI is InChI=1S/C22H30N6O3S/c1-5-31-13-11-23-19-17-14-25-28(20(17)27-22(26-19)32-15(2)3)12-10-24-21(29)16-8-6-7-9-18(16)30-4/h6-9,14-15H,5,10-13H2,1-4H3,(H,24,29)(H,23,26,27). The number of ether oxygens (including phenoxy) is 2. The number of hydrogen-bond donors (Lipinski definition) is 2. The molecule has 2 aromatic heterocycles. The molecule has 0 saturated heterocycles. The Balaban J connectivity index is 1.74. The van der Waals surface area contributed by atoms with Crippen molar-refractivity contribution in [3.8, 4) is 5.75 Å². The van der Waals surface area contributed by atoms with Crippen LogP contribution in [-0.4, -0.2) is 64.3 Å². The Kier molecular flexibility index (Phi) is 8.69. The van der Waals surface area contributed by atoms with Crippen LogP contribution in [-0.2, 0) is 11.3 Å². The minimum absolute atomic E-state index is 0.192. The minimum atomic E-state index is -0.192. The van der Waals surface area contributed by atoms with Gasteiger partial charge in [-0.05, 0) is 19.1 Å². The molecule has 3 rings (SSSR count). The molecule has 9 nitrogen and oxygen atoms in total. The van der Waals surface area contributed by atoms with Crippen LogP contribution in [0.25, 0.3) is 11.0 Å². The summed E-state index contributed by atoms with van der Waals surface area (Å²) in [6, 6.07) is 7.14. The number of methoxy groups -OCH3 is 1. The van der Waals surface area contributed by atoms with Crippen LogP contribution in [0.1, 0.15) is 31.1 Å². The molecule has 1 amide bonds. The maximum atomic E-state index is 12.5. The summed E-state index contributed by atoms with van der Waals surface area (Å²) >= 11 is 1.60. The molecule has 0 unspecified atom stereocenters. The molecule has 1 aromatic carbocycles. The highest BCUT2D eigenvalue weighted by Crippen LogP contribution is 2.26. The predicted molar refractivity (Wildman–Crippen MR) is 127 cm³/mol. The number of carbonyl (C=O) groups excluding carboxylic acids is 1. The van der Waals surface area contributed by atoms with E-state index < -0.39 is 0 Å². The van der Waals surface area contributed by atoms with Gasteiger partial charge in [-0.25, -0.2) is 14.6 Å². The van der Waals surface area contributed by atoms with Crippen LogP contribution in [0.5, 0.6) is 5.75 Å². The van der Waals surface area contributed by atoms with E-state index in [0.717, 1.165) is 16.9 Å². The van der Waals surface area contributed by atoms with E-state index >= 15 is 0 Å². The van der Waals surface area contributed by atoms with E-state index in [-0.39, 0.29) is 5.91 Å². The average Bonchev–Trinajstić information content (AvgIpc) is 3.19. The van der Waals surface area contributed by atoms with Crippen LogP contribution < -0.4 is 15.4 Å². The van der Waals surface area contributed by atoms with Crippen LogP contribution in [0.2, 0.25) is 0 Å². The lowest BCUT2D eigenvalue weighted by atomic mass is 10.2. The molecule has 0 bridgehead atoms. The van der Waals surface area contributed by atoms with Gasteiger partial charge in [0.15, 0.2) is 10.8 Å². The number of nitrogens with zero attached hydrogens (tertiary/aromatic N) is 4. The molecule has 0 spiro atoms. The zero-order valence-electron chi connectivity index (χ0n) is 18.9. The Bertz CT molecular complexity index is 1040. The van der Waals surface area contributed by atoms with Crippen molar-refractivity contribution < 1.29 is 14.3 Å². The number of benzene rings is 1. The van der Waals surface area contributed by atoms with Gasteiger partial charge in [0.25, 0.3) is 5.91 Å². The van der Waals surface area contributed by atoms with Gasteiger partial charge in [-0.15, -0.1) is 0 Å². The van der Waals surface area contributed by atoms with Gasteiger partial charge in [0, 0.05) is 24.9 Å². The fourth-order valence-electron chi connectivity index (χ4n) is 3.09. The summed E-state index contributed by atoms with van der Waals surface area (Å²) in [5.74, 6) is 1.09. The quantitative estimate of drug-likeness (QED) is 0.242. The molecule has 0 radical (unpaired) electrons. The highest BCUT2D eigenvalue weighted by molar-refractivity contribution is 7.99. The topological polar surface area (TPSA) is 103 Å². The summed E-state index contributed by atoms with van der Waals surface area (Å²) in [5.41, 5.74) is 1.23. The molecule has 3 aromatic rings.